The first-order valence-corrected chi connectivity index (χ1v) is 5.16. The van der Waals surface area contributed by atoms with Crippen molar-refractivity contribution in [3.63, 3.8) is 0 Å². The molecule has 0 aliphatic heterocycles. The summed E-state index contributed by atoms with van der Waals surface area (Å²) in [5, 5.41) is 10.1. The third-order valence-electron chi connectivity index (χ3n) is 2.59. The third kappa shape index (κ3) is 1.72. The van der Waals surface area contributed by atoms with Gasteiger partial charge in [0.15, 0.2) is 0 Å². The van der Waals surface area contributed by atoms with E-state index in [2.05, 4.69) is 6.58 Å². The molecular formula is C13H13NO2. The highest BCUT2D eigenvalue weighted by atomic mass is 16.4. The molecule has 2 rings (SSSR count). The molecule has 0 aliphatic rings. The van der Waals surface area contributed by atoms with Crippen LogP contribution in [0.15, 0.2) is 43.0 Å². The van der Waals surface area contributed by atoms with Gasteiger partial charge in [-0.05, 0) is 18.6 Å². The monoisotopic (exact) mass is 215 g/mol. The number of hydrogen-bond acceptors (Lipinski definition) is 1. The molecule has 0 amide bonds. The van der Waals surface area contributed by atoms with Gasteiger partial charge in [0.1, 0.15) is 5.69 Å². The minimum absolute atomic E-state index is 0.336. The Balaban J connectivity index is 2.59. The third-order valence-corrected chi connectivity index (χ3v) is 2.59. The maximum Gasteiger partial charge on any atom is 0.352 e. The van der Waals surface area contributed by atoms with Gasteiger partial charge in [-0.15, -0.1) is 6.58 Å². The Morgan fingerprint density at radius 2 is 2.19 bits per heavy atom. The molecule has 0 radical (unpaired) electrons. The van der Waals surface area contributed by atoms with E-state index in [0.717, 1.165) is 17.3 Å². The normalized spacial score (nSPS) is 10.5. The van der Waals surface area contributed by atoms with Gasteiger partial charge in [-0.1, -0.05) is 24.3 Å². The second-order valence-electron chi connectivity index (χ2n) is 3.62. The lowest BCUT2D eigenvalue weighted by Crippen LogP contribution is -2.07. The number of carboxylic acid groups (broad SMARTS) is 1. The van der Waals surface area contributed by atoms with Gasteiger partial charge in [0, 0.05) is 17.4 Å². The van der Waals surface area contributed by atoms with Crippen molar-refractivity contribution >= 4 is 16.9 Å². The largest absolute Gasteiger partial charge is 0.477 e. The molecule has 3 nitrogen and oxygen atoms in total. The van der Waals surface area contributed by atoms with Crippen molar-refractivity contribution in [2.45, 2.75) is 13.0 Å². The molecule has 1 N–H and O–H groups in total. The summed E-state index contributed by atoms with van der Waals surface area (Å²) in [6, 6.07) is 9.39. The lowest BCUT2D eigenvalue weighted by Gasteiger charge is -2.05. The minimum atomic E-state index is -0.889. The predicted molar refractivity (Wildman–Crippen MR) is 63.7 cm³/mol. The van der Waals surface area contributed by atoms with Crippen LogP contribution in [0.2, 0.25) is 0 Å². The number of allylic oxidation sites excluding steroid dienone is 1. The predicted octanol–water partition coefficient (Wildman–Crippen LogP) is 2.92. The first-order valence-electron chi connectivity index (χ1n) is 5.16. The van der Waals surface area contributed by atoms with Gasteiger partial charge >= 0.3 is 5.97 Å². The quantitative estimate of drug-likeness (QED) is 0.797. The van der Waals surface area contributed by atoms with E-state index in [1.807, 2.05) is 28.8 Å². The van der Waals surface area contributed by atoms with Crippen LogP contribution in [0, 0.1) is 0 Å². The van der Waals surface area contributed by atoms with Crippen molar-refractivity contribution in [2.75, 3.05) is 0 Å². The average Bonchev–Trinajstić information content (AvgIpc) is 2.65. The van der Waals surface area contributed by atoms with Gasteiger partial charge in [0.2, 0.25) is 0 Å². The number of fused-ring (bicyclic) bond motifs is 1. The Morgan fingerprint density at radius 3 is 2.88 bits per heavy atom. The summed E-state index contributed by atoms with van der Waals surface area (Å²) in [5.74, 6) is -0.889. The van der Waals surface area contributed by atoms with Crippen molar-refractivity contribution in [1.29, 1.82) is 0 Å². The Morgan fingerprint density at radius 1 is 1.44 bits per heavy atom. The number of aryl methyl sites for hydroxylation is 1. The number of rotatable bonds is 4. The van der Waals surface area contributed by atoms with Gasteiger partial charge in [0.05, 0.1) is 0 Å². The molecule has 1 aromatic carbocycles. The van der Waals surface area contributed by atoms with Crippen molar-refractivity contribution in [2.24, 2.45) is 0 Å². The van der Waals surface area contributed by atoms with Crippen molar-refractivity contribution < 1.29 is 9.90 Å². The fourth-order valence-corrected chi connectivity index (χ4v) is 1.85. The topological polar surface area (TPSA) is 42.2 Å². The minimum Gasteiger partial charge on any atom is -0.477 e. The molecule has 2 aromatic rings. The summed E-state index contributed by atoms with van der Waals surface area (Å²) in [5.41, 5.74) is 1.30. The van der Waals surface area contributed by atoms with Gasteiger partial charge in [-0.3, -0.25) is 0 Å². The van der Waals surface area contributed by atoms with Crippen LogP contribution in [0.3, 0.4) is 0 Å². The number of carbonyl (C=O) groups is 1. The van der Waals surface area contributed by atoms with E-state index in [0.29, 0.717) is 12.2 Å². The zero-order valence-electron chi connectivity index (χ0n) is 8.89. The second kappa shape index (κ2) is 4.23. The summed E-state index contributed by atoms with van der Waals surface area (Å²) >= 11 is 0. The Kier molecular flexibility index (Phi) is 2.77. The highest BCUT2D eigenvalue weighted by molar-refractivity contribution is 5.94. The highest BCUT2D eigenvalue weighted by Crippen LogP contribution is 2.20. The molecule has 0 unspecified atom stereocenters. The molecule has 3 heteroatoms. The van der Waals surface area contributed by atoms with E-state index in [1.54, 1.807) is 12.1 Å². The summed E-state index contributed by atoms with van der Waals surface area (Å²) in [6.45, 7) is 4.31. The number of aromatic nitrogens is 1. The van der Waals surface area contributed by atoms with Crippen LogP contribution in [-0.2, 0) is 6.54 Å². The van der Waals surface area contributed by atoms with Gasteiger partial charge in [-0.25, -0.2) is 4.79 Å². The zero-order chi connectivity index (χ0) is 11.5. The van der Waals surface area contributed by atoms with Crippen LogP contribution in [0.4, 0.5) is 0 Å². The van der Waals surface area contributed by atoms with Crippen LogP contribution < -0.4 is 0 Å². The van der Waals surface area contributed by atoms with Crippen LogP contribution >= 0.6 is 0 Å². The second-order valence-corrected chi connectivity index (χ2v) is 3.62. The Hall–Kier alpha value is -2.03. The maximum atomic E-state index is 11.1. The van der Waals surface area contributed by atoms with Gasteiger partial charge in [0.25, 0.3) is 0 Å². The smallest absolute Gasteiger partial charge is 0.352 e. The first-order chi connectivity index (χ1) is 7.74. The summed E-state index contributed by atoms with van der Waals surface area (Å²) in [4.78, 5) is 11.1. The van der Waals surface area contributed by atoms with Crippen molar-refractivity contribution in [3.8, 4) is 0 Å². The molecule has 1 heterocycles. The molecule has 0 aliphatic carbocycles. The number of carboxylic acids is 1. The molecule has 1 aromatic heterocycles. The molecule has 16 heavy (non-hydrogen) atoms. The lowest BCUT2D eigenvalue weighted by atomic mass is 10.2. The number of nitrogens with zero attached hydrogens (tertiary/aromatic N) is 1. The maximum absolute atomic E-state index is 11.1. The molecular weight excluding hydrogens is 202 g/mol. The summed E-state index contributed by atoms with van der Waals surface area (Å²) in [6.07, 6.45) is 2.55. The number of para-hydroxylation sites is 1. The number of benzene rings is 1. The average molecular weight is 215 g/mol. The van der Waals surface area contributed by atoms with E-state index < -0.39 is 5.97 Å². The van der Waals surface area contributed by atoms with Crippen LogP contribution in [0.25, 0.3) is 10.9 Å². The first kappa shape index (κ1) is 10.5. The number of aromatic carboxylic acids is 1. The van der Waals surface area contributed by atoms with E-state index in [9.17, 15) is 4.79 Å². The fraction of sp³-hybridized carbons (Fsp3) is 0.154. The van der Waals surface area contributed by atoms with Crippen LogP contribution in [0.1, 0.15) is 16.9 Å². The summed E-state index contributed by atoms with van der Waals surface area (Å²) < 4.78 is 1.82. The van der Waals surface area contributed by atoms with Crippen LogP contribution in [-0.4, -0.2) is 15.6 Å². The highest BCUT2D eigenvalue weighted by Gasteiger charge is 2.13. The molecule has 82 valence electrons. The zero-order valence-corrected chi connectivity index (χ0v) is 8.89. The van der Waals surface area contributed by atoms with E-state index in [4.69, 9.17) is 5.11 Å². The van der Waals surface area contributed by atoms with Crippen molar-refractivity contribution in [1.82, 2.24) is 4.57 Å². The molecule has 0 atom stereocenters. The Bertz CT molecular complexity index is 540. The SMILES string of the molecule is C=CCCn1c(C(=O)O)cc2ccccc21. The molecule has 0 fully saturated rings. The summed E-state index contributed by atoms with van der Waals surface area (Å²) in [7, 11) is 0. The van der Waals surface area contributed by atoms with E-state index in [1.165, 1.54) is 0 Å². The van der Waals surface area contributed by atoms with E-state index in [-0.39, 0.29) is 0 Å². The standard InChI is InChI=1S/C13H13NO2/c1-2-3-8-14-11-7-5-4-6-10(11)9-12(14)13(15)16/h2,4-7,9H,1,3,8H2,(H,15,16). The number of hydrogen-bond donors (Lipinski definition) is 1. The molecule has 0 saturated carbocycles. The molecule has 0 saturated heterocycles. The van der Waals surface area contributed by atoms with Gasteiger partial charge in [-0.2, -0.15) is 0 Å². The fourth-order valence-electron chi connectivity index (χ4n) is 1.85. The van der Waals surface area contributed by atoms with E-state index >= 15 is 0 Å². The van der Waals surface area contributed by atoms with Crippen LogP contribution in [0.5, 0.6) is 0 Å². The lowest BCUT2D eigenvalue weighted by molar-refractivity contribution is 0.0685. The molecule has 0 bridgehead atoms. The Labute approximate surface area is 93.6 Å². The molecule has 0 spiro atoms. The van der Waals surface area contributed by atoms with Crippen molar-refractivity contribution in [3.05, 3.63) is 48.7 Å². The van der Waals surface area contributed by atoms with Gasteiger partial charge < -0.3 is 9.67 Å².